The van der Waals surface area contributed by atoms with Gasteiger partial charge in [-0.25, -0.2) is 0 Å². The van der Waals surface area contributed by atoms with Crippen molar-refractivity contribution in [2.45, 2.75) is 51.3 Å². The standard InChI is InChI=1S/C14H25NOS/c1-4-7-15-14(11-17-12(3)5-2)9-13-6-8-16-10-13/h6,8,10,12,14-15H,4-5,7,9,11H2,1-3H3. The molecule has 0 aromatic carbocycles. The Hall–Kier alpha value is -0.410. The molecule has 17 heavy (non-hydrogen) atoms. The van der Waals surface area contributed by atoms with Gasteiger partial charge in [0.15, 0.2) is 0 Å². The van der Waals surface area contributed by atoms with E-state index in [4.69, 9.17) is 4.42 Å². The van der Waals surface area contributed by atoms with Gasteiger partial charge in [-0.3, -0.25) is 0 Å². The van der Waals surface area contributed by atoms with Gasteiger partial charge in [0.25, 0.3) is 0 Å². The molecule has 98 valence electrons. The summed E-state index contributed by atoms with van der Waals surface area (Å²) < 4.78 is 5.13. The van der Waals surface area contributed by atoms with Gasteiger partial charge >= 0.3 is 0 Å². The average Bonchev–Trinajstić information content (AvgIpc) is 2.84. The third-order valence-corrected chi connectivity index (χ3v) is 4.40. The Bertz CT molecular complexity index is 274. The van der Waals surface area contributed by atoms with E-state index in [2.05, 4.69) is 43.9 Å². The van der Waals surface area contributed by atoms with Crippen molar-refractivity contribution in [3.05, 3.63) is 24.2 Å². The lowest BCUT2D eigenvalue weighted by molar-refractivity contribution is 0.536. The molecule has 1 rings (SSSR count). The van der Waals surface area contributed by atoms with Crippen LogP contribution in [0.1, 0.15) is 39.2 Å². The molecule has 0 saturated heterocycles. The van der Waals surface area contributed by atoms with Gasteiger partial charge in [-0.1, -0.05) is 20.8 Å². The van der Waals surface area contributed by atoms with E-state index in [1.165, 1.54) is 24.2 Å². The molecule has 0 aliphatic rings. The highest BCUT2D eigenvalue weighted by molar-refractivity contribution is 7.99. The van der Waals surface area contributed by atoms with E-state index in [0.29, 0.717) is 6.04 Å². The number of thioether (sulfide) groups is 1. The van der Waals surface area contributed by atoms with Crippen molar-refractivity contribution < 1.29 is 4.42 Å². The summed E-state index contributed by atoms with van der Waals surface area (Å²) in [5.41, 5.74) is 1.29. The van der Waals surface area contributed by atoms with Gasteiger partial charge in [0.2, 0.25) is 0 Å². The lowest BCUT2D eigenvalue weighted by atomic mass is 10.1. The number of hydrogen-bond acceptors (Lipinski definition) is 3. The van der Waals surface area contributed by atoms with Crippen molar-refractivity contribution >= 4 is 11.8 Å². The summed E-state index contributed by atoms with van der Waals surface area (Å²) >= 11 is 2.06. The van der Waals surface area contributed by atoms with Crippen molar-refractivity contribution in [2.24, 2.45) is 0 Å². The quantitative estimate of drug-likeness (QED) is 0.728. The normalized spacial score (nSPS) is 14.8. The van der Waals surface area contributed by atoms with Crippen LogP contribution >= 0.6 is 11.8 Å². The molecule has 0 fully saturated rings. The summed E-state index contributed by atoms with van der Waals surface area (Å²) in [6.07, 6.45) is 7.12. The zero-order valence-electron chi connectivity index (χ0n) is 11.2. The van der Waals surface area contributed by atoms with Crippen LogP contribution in [0.25, 0.3) is 0 Å². The van der Waals surface area contributed by atoms with E-state index in [0.717, 1.165) is 18.2 Å². The van der Waals surface area contributed by atoms with Gasteiger partial charge in [0, 0.05) is 17.0 Å². The predicted molar refractivity (Wildman–Crippen MR) is 76.7 cm³/mol. The van der Waals surface area contributed by atoms with Crippen LogP contribution in [-0.4, -0.2) is 23.6 Å². The van der Waals surface area contributed by atoms with Crippen molar-refractivity contribution in [3.8, 4) is 0 Å². The zero-order valence-corrected chi connectivity index (χ0v) is 12.1. The van der Waals surface area contributed by atoms with Crippen LogP contribution in [0.3, 0.4) is 0 Å². The fourth-order valence-corrected chi connectivity index (χ4v) is 2.66. The Kier molecular flexibility index (Phi) is 7.45. The smallest absolute Gasteiger partial charge is 0.0935 e. The highest BCUT2D eigenvalue weighted by atomic mass is 32.2. The number of nitrogens with one attached hydrogen (secondary N) is 1. The van der Waals surface area contributed by atoms with Gasteiger partial charge in [-0.05, 0) is 37.4 Å². The summed E-state index contributed by atoms with van der Waals surface area (Å²) in [7, 11) is 0. The summed E-state index contributed by atoms with van der Waals surface area (Å²) in [6, 6.07) is 2.63. The minimum absolute atomic E-state index is 0.562. The predicted octanol–water partition coefficient (Wildman–Crippen LogP) is 3.72. The zero-order chi connectivity index (χ0) is 12.5. The van der Waals surface area contributed by atoms with E-state index in [1.807, 2.05) is 6.26 Å². The number of furan rings is 1. The molecule has 0 aliphatic heterocycles. The van der Waals surface area contributed by atoms with Crippen LogP contribution < -0.4 is 5.32 Å². The summed E-state index contributed by atoms with van der Waals surface area (Å²) in [6.45, 7) is 7.87. The largest absolute Gasteiger partial charge is 0.472 e. The molecule has 1 aromatic heterocycles. The third-order valence-electron chi connectivity index (χ3n) is 2.90. The third kappa shape index (κ3) is 6.18. The minimum Gasteiger partial charge on any atom is -0.472 e. The Morgan fingerprint density at radius 2 is 2.24 bits per heavy atom. The first-order valence-corrected chi connectivity index (χ1v) is 7.67. The maximum atomic E-state index is 5.13. The van der Waals surface area contributed by atoms with Gasteiger partial charge in [-0.2, -0.15) is 11.8 Å². The fraction of sp³-hybridized carbons (Fsp3) is 0.714. The molecule has 0 aliphatic carbocycles. The molecule has 0 saturated carbocycles. The van der Waals surface area contributed by atoms with Crippen molar-refractivity contribution in [2.75, 3.05) is 12.3 Å². The molecule has 1 aromatic rings. The van der Waals surface area contributed by atoms with Gasteiger partial charge in [-0.15, -0.1) is 0 Å². The second-order valence-corrected chi connectivity index (χ2v) is 6.01. The van der Waals surface area contributed by atoms with Crippen LogP contribution in [0.4, 0.5) is 0 Å². The fourth-order valence-electron chi connectivity index (χ4n) is 1.63. The molecule has 0 radical (unpaired) electrons. The first-order chi connectivity index (χ1) is 8.26. The van der Waals surface area contributed by atoms with E-state index in [-0.39, 0.29) is 0 Å². The van der Waals surface area contributed by atoms with E-state index < -0.39 is 0 Å². The lowest BCUT2D eigenvalue weighted by Crippen LogP contribution is -2.34. The second-order valence-electron chi connectivity index (χ2n) is 4.54. The average molecular weight is 255 g/mol. The van der Waals surface area contributed by atoms with Crippen LogP contribution in [-0.2, 0) is 6.42 Å². The topological polar surface area (TPSA) is 25.2 Å². The first-order valence-electron chi connectivity index (χ1n) is 6.62. The molecule has 2 atom stereocenters. The molecule has 1 heterocycles. The number of hydrogen-bond donors (Lipinski definition) is 1. The highest BCUT2D eigenvalue weighted by Gasteiger charge is 2.11. The molecular formula is C14H25NOS. The van der Waals surface area contributed by atoms with Gasteiger partial charge in [0.05, 0.1) is 12.5 Å². The van der Waals surface area contributed by atoms with E-state index in [1.54, 1.807) is 6.26 Å². The summed E-state index contributed by atoms with van der Waals surface area (Å²) in [4.78, 5) is 0. The van der Waals surface area contributed by atoms with Crippen molar-refractivity contribution in [1.82, 2.24) is 5.32 Å². The number of rotatable bonds is 9. The molecular weight excluding hydrogens is 230 g/mol. The van der Waals surface area contributed by atoms with Gasteiger partial charge in [0.1, 0.15) is 0 Å². The molecule has 3 heteroatoms. The Balaban J connectivity index is 2.37. The monoisotopic (exact) mass is 255 g/mol. The lowest BCUT2D eigenvalue weighted by Gasteiger charge is -2.19. The molecule has 0 bridgehead atoms. The van der Waals surface area contributed by atoms with E-state index >= 15 is 0 Å². The summed E-state index contributed by atoms with van der Waals surface area (Å²) in [5.74, 6) is 1.18. The van der Waals surface area contributed by atoms with Crippen molar-refractivity contribution in [3.63, 3.8) is 0 Å². The maximum absolute atomic E-state index is 5.13. The maximum Gasteiger partial charge on any atom is 0.0935 e. The highest BCUT2D eigenvalue weighted by Crippen LogP contribution is 2.16. The molecule has 0 spiro atoms. The van der Waals surface area contributed by atoms with Crippen LogP contribution in [0.15, 0.2) is 23.0 Å². The van der Waals surface area contributed by atoms with Crippen LogP contribution in [0, 0.1) is 0 Å². The molecule has 1 N–H and O–H groups in total. The Labute approximate surface area is 110 Å². The molecule has 0 amide bonds. The Morgan fingerprint density at radius 1 is 1.41 bits per heavy atom. The van der Waals surface area contributed by atoms with Crippen LogP contribution in [0.2, 0.25) is 0 Å². The van der Waals surface area contributed by atoms with Crippen molar-refractivity contribution in [1.29, 1.82) is 0 Å². The minimum atomic E-state index is 0.562. The van der Waals surface area contributed by atoms with E-state index in [9.17, 15) is 0 Å². The van der Waals surface area contributed by atoms with Gasteiger partial charge < -0.3 is 9.73 Å². The molecule has 2 nitrogen and oxygen atoms in total. The first kappa shape index (κ1) is 14.7. The summed E-state index contributed by atoms with van der Waals surface area (Å²) in [5, 5.41) is 4.38. The molecule has 2 unspecified atom stereocenters. The van der Waals surface area contributed by atoms with Crippen LogP contribution in [0.5, 0.6) is 0 Å². The second kappa shape index (κ2) is 8.65. The SMILES string of the molecule is CCCNC(CSC(C)CC)Cc1ccoc1. The Morgan fingerprint density at radius 3 is 2.82 bits per heavy atom.